The van der Waals surface area contributed by atoms with E-state index < -0.39 is 29.3 Å². The zero-order chi connectivity index (χ0) is 33.2. The summed E-state index contributed by atoms with van der Waals surface area (Å²) in [6.45, 7) is 2.92. The van der Waals surface area contributed by atoms with Crippen LogP contribution in [0.4, 0.5) is 28.9 Å². The van der Waals surface area contributed by atoms with E-state index in [4.69, 9.17) is 9.47 Å². The standard InChI is InChI=1S/C34H39F4N3O4S2/c1-47(42,43)25-11-12-28(30(18-25)45-22-35)39-15-3-6-31-27(19-34(36,37)38)26-4-2-5-29(32(26)46-31)40-23-7-9-24(10-8-23)41-20-33(21-41)13-16-44-17-14-33/h2,4-5,11-12,18,23-24,39-40H,7-10,13-17,19-22H2,1H3. The van der Waals surface area contributed by atoms with Gasteiger partial charge in [0, 0.05) is 56.1 Å². The van der Waals surface area contributed by atoms with Gasteiger partial charge in [-0.15, -0.1) is 11.3 Å². The molecule has 2 N–H and O–H groups in total. The first-order valence-electron chi connectivity index (χ1n) is 15.9. The van der Waals surface area contributed by atoms with Crippen LogP contribution in [0.2, 0.25) is 0 Å². The van der Waals surface area contributed by atoms with Gasteiger partial charge in [-0.1, -0.05) is 24.0 Å². The zero-order valence-corrected chi connectivity index (χ0v) is 27.9. The number of nitrogens with one attached hydrogen (secondary N) is 2. The van der Waals surface area contributed by atoms with Gasteiger partial charge in [0.15, 0.2) is 9.84 Å². The van der Waals surface area contributed by atoms with Crippen molar-refractivity contribution in [3.05, 3.63) is 46.8 Å². The Morgan fingerprint density at radius 1 is 1.09 bits per heavy atom. The number of thiophene rings is 1. The van der Waals surface area contributed by atoms with Crippen molar-refractivity contribution in [1.29, 1.82) is 0 Å². The van der Waals surface area contributed by atoms with Crippen molar-refractivity contribution in [3.8, 4) is 17.6 Å². The van der Waals surface area contributed by atoms with Gasteiger partial charge in [0.2, 0.25) is 6.86 Å². The smallest absolute Gasteiger partial charge is 0.393 e. The lowest BCUT2D eigenvalue weighted by molar-refractivity contribution is -0.126. The van der Waals surface area contributed by atoms with E-state index in [1.807, 2.05) is 6.07 Å². The molecule has 3 fully saturated rings. The number of likely N-dealkylation sites (tertiary alicyclic amines) is 1. The number of fused-ring (bicyclic) bond motifs is 1. The second kappa shape index (κ2) is 13.8. The first kappa shape index (κ1) is 33.8. The summed E-state index contributed by atoms with van der Waals surface area (Å²) in [6, 6.07) is 10.3. The molecule has 1 aromatic heterocycles. The average Bonchev–Trinajstić information content (AvgIpc) is 3.35. The van der Waals surface area contributed by atoms with Crippen molar-refractivity contribution in [2.45, 2.75) is 68.1 Å². The van der Waals surface area contributed by atoms with Crippen molar-refractivity contribution in [2.75, 3.05) is 56.6 Å². The van der Waals surface area contributed by atoms with Gasteiger partial charge in [-0.3, -0.25) is 4.90 Å². The van der Waals surface area contributed by atoms with Crippen molar-refractivity contribution >= 4 is 42.6 Å². The van der Waals surface area contributed by atoms with E-state index in [0.29, 0.717) is 27.4 Å². The Morgan fingerprint density at radius 2 is 1.83 bits per heavy atom. The van der Waals surface area contributed by atoms with Crippen molar-refractivity contribution in [3.63, 3.8) is 0 Å². The van der Waals surface area contributed by atoms with Crippen LogP contribution in [-0.4, -0.2) is 77.5 Å². The van der Waals surface area contributed by atoms with Gasteiger partial charge in [-0.2, -0.15) is 13.2 Å². The summed E-state index contributed by atoms with van der Waals surface area (Å²) in [7, 11) is -3.54. The third kappa shape index (κ3) is 7.99. The molecule has 47 heavy (non-hydrogen) atoms. The Labute approximate surface area is 276 Å². The molecule has 0 unspecified atom stereocenters. The normalized spacial score (nSPS) is 21.6. The minimum Gasteiger partial charge on any atom is -0.461 e. The maximum Gasteiger partial charge on any atom is 0.393 e. The fraction of sp³-hybridized carbons (Fsp3) is 0.529. The fourth-order valence-corrected chi connectivity index (χ4v) is 8.89. The van der Waals surface area contributed by atoms with E-state index in [-0.39, 0.29) is 28.8 Å². The molecule has 1 spiro atoms. The Hall–Kier alpha value is -3.05. The third-order valence-corrected chi connectivity index (χ3v) is 11.9. The molecule has 1 aliphatic carbocycles. The summed E-state index contributed by atoms with van der Waals surface area (Å²) in [5, 5.41) is 7.14. The molecular formula is C34H39F4N3O4S2. The molecule has 2 aromatic carbocycles. The highest BCUT2D eigenvalue weighted by Crippen LogP contribution is 2.44. The van der Waals surface area contributed by atoms with Crippen LogP contribution in [-0.2, 0) is 21.0 Å². The first-order chi connectivity index (χ1) is 22.4. The van der Waals surface area contributed by atoms with Gasteiger partial charge >= 0.3 is 6.18 Å². The number of alkyl halides is 4. The maximum atomic E-state index is 13.7. The molecule has 2 saturated heterocycles. The van der Waals surface area contributed by atoms with Crippen LogP contribution in [0.15, 0.2) is 41.3 Å². The molecule has 3 aliphatic rings. The van der Waals surface area contributed by atoms with Crippen molar-refractivity contribution in [1.82, 2.24) is 4.90 Å². The highest BCUT2D eigenvalue weighted by molar-refractivity contribution is 7.90. The summed E-state index contributed by atoms with van der Waals surface area (Å²) in [4.78, 5) is 2.94. The minimum absolute atomic E-state index is 0.00490. The van der Waals surface area contributed by atoms with Crippen LogP contribution in [0.3, 0.4) is 0 Å². The quantitative estimate of drug-likeness (QED) is 0.184. The van der Waals surface area contributed by atoms with E-state index in [2.05, 4.69) is 27.4 Å². The number of ether oxygens (including phenoxy) is 2. The van der Waals surface area contributed by atoms with Crippen LogP contribution < -0.4 is 15.4 Å². The molecule has 0 atom stereocenters. The van der Waals surface area contributed by atoms with Crippen molar-refractivity contribution < 1.29 is 35.5 Å². The predicted molar refractivity (Wildman–Crippen MR) is 177 cm³/mol. The molecule has 0 bridgehead atoms. The summed E-state index contributed by atoms with van der Waals surface area (Å²) in [5.41, 5.74) is 1.74. The van der Waals surface area contributed by atoms with Gasteiger partial charge in [-0.05, 0) is 67.7 Å². The SMILES string of the molecule is CS(=O)(=O)c1ccc(NCC#Cc2sc3c(NC4CCC(N5CC6(CCOCC6)C5)CC4)cccc3c2CC(F)(F)F)c(OCF)c1. The molecular weight excluding hydrogens is 655 g/mol. The molecule has 2 aliphatic heterocycles. The van der Waals surface area contributed by atoms with E-state index in [0.717, 1.165) is 81.5 Å². The maximum absolute atomic E-state index is 13.7. The Balaban J connectivity index is 1.14. The topological polar surface area (TPSA) is 79.9 Å². The molecule has 3 heterocycles. The Kier molecular flexibility index (Phi) is 9.95. The second-order valence-electron chi connectivity index (χ2n) is 12.9. The van der Waals surface area contributed by atoms with E-state index in [1.54, 1.807) is 12.1 Å². The Morgan fingerprint density at radius 3 is 2.51 bits per heavy atom. The molecule has 6 rings (SSSR count). The molecule has 3 aromatic rings. The summed E-state index contributed by atoms with van der Waals surface area (Å²) in [5.74, 6) is 5.80. The van der Waals surface area contributed by atoms with E-state index >= 15 is 0 Å². The Bertz CT molecular complexity index is 1740. The predicted octanol–water partition coefficient (Wildman–Crippen LogP) is 7.01. The number of sulfone groups is 1. The van der Waals surface area contributed by atoms with E-state index in [9.17, 15) is 26.0 Å². The third-order valence-electron chi connectivity index (χ3n) is 9.56. The second-order valence-corrected chi connectivity index (χ2v) is 15.9. The lowest BCUT2D eigenvalue weighted by Gasteiger charge is -2.56. The lowest BCUT2D eigenvalue weighted by Crippen LogP contribution is -2.62. The van der Waals surface area contributed by atoms with E-state index in [1.165, 1.54) is 29.5 Å². The molecule has 0 radical (unpaired) electrons. The molecule has 254 valence electrons. The van der Waals surface area contributed by atoms with Gasteiger partial charge in [0.25, 0.3) is 0 Å². The number of hydrogen-bond acceptors (Lipinski definition) is 8. The number of hydrogen-bond donors (Lipinski definition) is 2. The van der Waals surface area contributed by atoms with Crippen LogP contribution in [0, 0.1) is 17.3 Å². The largest absolute Gasteiger partial charge is 0.461 e. The number of nitrogens with zero attached hydrogens (tertiary/aromatic N) is 1. The summed E-state index contributed by atoms with van der Waals surface area (Å²) in [6.07, 6.45) is 2.05. The summed E-state index contributed by atoms with van der Waals surface area (Å²) < 4.78 is 89.2. The fourth-order valence-electron chi connectivity index (χ4n) is 7.08. The van der Waals surface area contributed by atoms with Crippen LogP contribution >= 0.6 is 11.3 Å². The summed E-state index contributed by atoms with van der Waals surface area (Å²) >= 11 is 1.25. The van der Waals surface area contributed by atoms with Crippen LogP contribution in [0.1, 0.15) is 49.0 Å². The highest BCUT2D eigenvalue weighted by Gasteiger charge is 2.46. The molecule has 7 nitrogen and oxygen atoms in total. The lowest BCUT2D eigenvalue weighted by atomic mass is 9.71. The molecule has 13 heteroatoms. The number of halogens is 4. The highest BCUT2D eigenvalue weighted by atomic mass is 32.2. The van der Waals surface area contributed by atoms with Crippen LogP contribution in [0.25, 0.3) is 10.1 Å². The van der Waals surface area contributed by atoms with Gasteiger partial charge < -0.3 is 20.1 Å². The number of benzene rings is 2. The number of anilines is 2. The average molecular weight is 694 g/mol. The minimum atomic E-state index is -4.41. The number of rotatable bonds is 9. The molecule has 0 amide bonds. The van der Waals surface area contributed by atoms with Crippen molar-refractivity contribution in [2.24, 2.45) is 5.41 Å². The monoisotopic (exact) mass is 693 g/mol. The van der Waals surface area contributed by atoms with Crippen LogP contribution in [0.5, 0.6) is 5.75 Å². The molecule has 1 saturated carbocycles. The zero-order valence-electron chi connectivity index (χ0n) is 26.2. The van der Waals surface area contributed by atoms with Gasteiger partial charge in [0.1, 0.15) is 5.75 Å². The first-order valence-corrected chi connectivity index (χ1v) is 18.6. The van der Waals surface area contributed by atoms with Gasteiger partial charge in [0.05, 0.1) is 38.8 Å². The van der Waals surface area contributed by atoms with Gasteiger partial charge in [-0.25, -0.2) is 12.8 Å².